The zero-order chi connectivity index (χ0) is 20.3. The monoisotopic (exact) mass is 396 g/mol. The van der Waals surface area contributed by atoms with Gasteiger partial charge in [-0.2, -0.15) is 5.10 Å². The second-order valence-corrected chi connectivity index (χ2v) is 7.02. The molecule has 0 aliphatic carbocycles. The largest absolute Gasteiger partial charge is 0.326 e. The number of hydrogen-bond acceptors (Lipinski definition) is 3. The van der Waals surface area contributed by atoms with Crippen LogP contribution in [0.5, 0.6) is 0 Å². The van der Waals surface area contributed by atoms with Crippen molar-refractivity contribution in [2.45, 2.75) is 27.3 Å². The summed E-state index contributed by atoms with van der Waals surface area (Å²) in [6.07, 6.45) is 0. The van der Waals surface area contributed by atoms with Crippen molar-refractivity contribution in [3.05, 3.63) is 76.1 Å². The summed E-state index contributed by atoms with van der Waals surface area (Å²) in [5.41, 5.74) is 4.63. The molecule has 0 saturated heterocycles. The second kappa shape index (κ2) is 8.27. The molecule has 0 atom stereocenters. The molecule has 2 aromatic carbocycles. The highest BCUT2D eigenvalue weighted by atomic mass is 35.5. The van der Waals surface area contributed by atoms with Crippen LogP contribution in [-0.2, 0) is 11.3 Å². The summed E-state index contributed by atoms with van der Waals surface area (Å²) < 4.78 is 1.93. The van der Waals surface area contributed by atoms with Gasteiger partial charge in [0.2, 0.25) is 5.91 Å². The zero-order valence-electron chi connectivity index (χ0n) is 15.9. The number of aromatic nitrogens is 2. The average molecular weight is 397 g/mol. The van der Waals surface area contributed by atoms with Crippen LogP contribution in [0.25, 0.3) is 0 Å². The molecule has 1 aromatic heterocycles. The van der Waals surface area contributed by atoms with Crippen LogP contribution < -0.4 is 10.6 Å². The molecule has 2 N–H and O–H groups in total. The van der Waals surface area contributed by atoms with Crippen molar-refractivity contribution >= 4 is 34.8 Å². The molecule has 0 fully saturated rings. The van der Waals surface area contributed by atoms with Gasteiger partial charge >= 0.3 is 0 Å². The van der Waals surface area contributed by atoms with Gasteiger partial charge in [0.15, 0.2) is 0 Å². The molecular weight excluding hydrogens is 376 g/mol. The van der Waals surface area contributed by atoms with Crippen molar-refractivity contribution in [3.8, 4) is 0 Å². The smallest absolute Gasteiger partial charge is 0.255 e. The molecule has 28 heavy (non-hydrogen) atoms. The van der Waals surface area contributed by atoms with Gasteiger partial charge in [-0.3, -0.25) is 14.3 Å². The number of amides is 2. The Balaban J connectivity index is 1.71. The normalized spacial score (nSPS) is 10.6. The second-order valence-electron chi connectivity index (χ2n) is 6.61. The predicted octanol–water partition coefficient (Wildman–Crippen LogP) is 4.41. The van der Waals surface area contributed by atoms with E-state index in [0.717, 1.165) is 17.0 Å². The Kier molecular flexibility index (Phi) is 5.80. The van der Waals surface area contributed by atoms with Gasteiger partial charge in [0.1, 0.15) is 0 Å². The van der Waals surface area contributed by atoms with Gasteiger partial charge in [0, 0.05) is 23.9 Å². The molecule has 1 heterocycles. The van der Waals surface area contributed by atoms with Gasteiger partial charge in [0.05, 0.1) is 22.9 Å². The third-order valence-electron chi connectivity index (χ3n) is 4.19. The number of nitrogens with one attached hydrogen (secondary N) is 2. The standard InChI is InChI=1S/C21H21ClN4O2/c1-13-10-14(2)26(25-13)12-16-4-6-17(7-5-16)21(28)24-20-11-18(23-15(3)27)8-9-19(20)22/h4-11H,12H2,1-3H3,(H,23,27)(H,24,28). The topological polar surface area (TPSA) is 76.0 Å². The molecule has 0 aliphatic rings. The van der Waals surface area contributed by atoms with E-state index in [0.29, 0.717) is 28.5 Å². The number of hydrogen-bond donors (Lipinski definition) is 2. The highest BCUT2D eigenvalue weighted by Gasteiger charge is 2.10. The Hall–Kier alpha value is -3.12. The van der Waals surface area contributed by atoms with Crippen molar-refractivity contribution in [1.29, 1.82) is 0 Å². The Morgan fingerprint density at radius 3 is 2.36 bits per heavy atom. The molecule has 0 spiro atoms. The van der Waals surface area contributed by atoms with Crippen LogP contribution >= 0.6 is 11.6 Å². The maximum absolute atomic E-state index is 12.6. The van der Waals surface area contributed by atoms with Crippen molar-refractivity contribution in [2.75, 3.05) is 10.6 Å². The third-order valence-corrected chi connectivity index (χ3v) is 4.52. The van der Waals surface area contributed by atoms with E-state index in [2.05, 4.69) is 15.7 Å². The molecule has 2 amide bonds. The molecule has 144 valence electrons. The van der Waals surface area contributed by atoms with Crippen LogP contribution in [0.1, 0.15) is 34.2 Å². The summed E-state index contributed by atoms with van der Waals surface area (Å²) in [5, 5.41) is 10.3. The highest BCUT2D eigenvalue weighted by Crippen LogP contribution is 2.26. The van der Waals surface area contributed by atoms with E-state index in [4.69, 9.17) is 11.6 Å². The van der Waals surface area contributed by atoms with Crippen LogP contribution in [0.2, 0.25) is 5.02 Å². The summed E-state index contributed by atoms with van der Waals surface area (Å²) in [5.74, 6) is -0.475. The van der Waals surface area contributed by atoms with Gasteiger partial charge in [-0.15, -0.1) is 0 Å². The molecule has 0 bridgehead atoms. The Bertz CT molecular complexity index is 1030. The van der Waals surface area contributed by atoms with Crippen molar-refractivity contribution in [1.82, 2.24) is 9.78 Å². The van der Waals surface area contributed by atoms with Crippen LogP contribution in [0, 0.1) is 13.8 Å². The Labute approximate surface area is 168 Å². The molecule has 6 nitrogen and oxygen atoms in total. The zero-order valence-corrected chi connectivity index (χ0v) is 16.7. The first-order valence-electron chi connectivity index (χ1n) is 8.80. The summed E-state index contributed by atoms with van der Waals surface area (Å²) in [4.78, 5) is 23.8. The predicted molar refractivity (Wildman–Crippen MR) is 111 cm³/mol. The fourth-order valence-electron chi connectivity index (χ4n) is 2.87. The number of rotatable bonds is 5. The fraction of sp³-hybridized carbons (Fsp3) is 0.190. The van der Waals surface area contributed by atoms with Crippen LogP contribution in [0.15, 0.2) is 48.5 Å². The van der Waals surface area contributed by atoms with Crippen LogP contribution in [0.3, 0.4) is 0 Å². The van der Waals surface area contributed by atoms with Crippen LogP contribution in [0.4, 0.5) is 11.4 Å². The lowest BCUT2D eigenvalue weighted by molar-refractivity contribution is -0.114. The molecular formula is C21H21ClN4O2. The molecule has 0 unspecified atom stereocenters. The van der Waals surface area contributed by atoms with E-state index in [1.165, 1.54) is 6.92 Å². The van der Waals surface area contributed by atoms with Gasteiger partial charge in [-0.05, 0) is 55.8 Å². The van der Waals surface area contributed by atoms with Gasteiger partial charge in [0.25, 0.3) is 5.91 Å². The summed E-state index contributed by atoms with van der Waals surface area (Å²) in [7, 11) is 0. The first kappa shape index (κ1) is 19.6. The Morgan fingerprint density at radius 2 is 1.75 bits per heavy atom. The number of nitrogens with zero attached hydrogens (tertiary/aromatic N) is 2. The first-order chi connectivity index (χ1) is 13.3. The number of carbonyl (C=O) groups is 2. The molecule has 0 radical (unpaired) electrons. The number of benzene rings is 2. The average Bonchev–Trinajstić information content (AvgIpc) is 2.95. The van der Waals surface area contributed by atoms with Gasteiger partial charge in [-0.25, -0.2) is 0 Å². The number of carbonyl (C=O) groups excluding carboxylic acids is 2. The molecule has 0 saturated carbocycles. The third kappa shape index (κ3) is 4.78. The fourth-order valence-corrected chi connectivity index (χ4v) is 3.03. The van der Waals surface area contributed by atoms with Crippen molar-refractivity contribution in [3.63, 3.8) is 0 Å². The van der Waals surface area contributed by atoms with E-state index in [1.807, 2.05) is 36.7 Å². The minimum absolute atomic E-state index is 0.196. The molecule has 7 heteroatoms. The van der Waals surface area contributed by atoms with E-state index >= 15 is 0 Å². The summed E-state index contributed by atoms with van der Waals surface area (Å²) in [6, 6.07) is 14.3. The van der Waals surface area contributed by atoms with E-state index in [9.17, 15) is 9.59 Å². The summed E-state index contributed by atoms with van der Waals surface area (Å²) >= 11 is 6.16. The molecule has 3 aromatic rings. The van der Waals surface area contributed by atoms with Crippen molar-refractivity contribution in [2.24, 2.45) is 0 Å². The van der Waals surface area contributed by atoms with Crippen molar-refractivity contribution < 1.29 is 9.59 Å². The maximum atomic E-state index is 12.6. The highest BCUT2D eigenvalue weighted by molar-refractivity contribution is 6.34. The lowest BCUT2D eigenvalue weighted by Gasteiger charge is -2.10. The number of halogens is 1. The van der Waals surface area contributed by atoms with Gasteiger partial charge in [-0.1, -0.05) is 23.7 Å². The quantitative estimate of drug-likeness (QED) is 0.670. The molecule has 0 aliphatic heterocycles. The minimum atomic E-state index is -0.278. The number of anilines is 2. The van der Waals surface area contributed by atoms with E-state index in [1.54, 1.807) is 30.3 Å². The maximum Gasteiger partial charge on any atom is 0.255 e. The first-order valence-corrected chi connectivity index (χ1v) is 9.18. The molecule has 3 rings (SSSR count). The summed E-state index contributed by atoms with van der Waals surface area (Å²) in [6.45, 7) is 6.04. The van der Waals surface area contributed by atoms with Gasteiger partial charge < -0.3 is 10.6 Å². The number of aryl methyl sites for hydroxylation is 2. The Morgan fingerprint density at radius 1 is 1.04 bits per heavy atom. The SMILES string of the molecule is CC(=O)Nc1ccc(Cl)c(NC(=O)c2ccc(Cn3nc(C)cc3C)cc2)c1. The lowest BCUT2D eigenvalue weighted by atomic mass is 10.1. The van der Waals surface area contributed by atoms with E-state index < -0.39 is 0 Å². The lowest BCUT2D eigenvalue weighted by Crippen LogP contribution is -2.13. The van der Waals surface area contributed by atoms with E-state index in [-0.39, 0.29) is 11.8 Å². The van der Waals surface area contributed by atoms with Crippen LogP contribution in [-0.4, -0.2) is 21.6 Å². The minimum Gasteiger partial charge on any atom is -0.326 e.